The maximum absolute atomic E-state index is 14.8. The van der Waals surface area contributed by atoms with Gasteiger partial charge in [-0.15, -0.1) is 0 Å². The molecule has 0 radical (unpaired) electrons. The zero-order valence-corrected chi connectivity index (χ0v) is 31.8. The molecule has 3 heterocycles. The summed E-state index contributed by atoms with van der Waals surface area (Å²) in [6.45, 7) is 7.77. The van der Waals surface area contributed by atoms with Crippen LogP contribution in [-0.2, 0) is 42.8 Å². The number of ketones is 2. The standard InChI is InChI=1S/C40H60O13/c1-20(42)14-24-25-7-13-40-12-6-23(15-22-16-30(43)49-19-22)38(3,37(40)47)11-9-29(40)39(25,4)10-8-26(24)51-31-17-27(48-5)35(21(2)50-31)53-36-34(46)33(45)32(44)28(18-41)52-36/h16,21,23-29,31-36,41,44-46H,6-15,17-19H2,1-5H3/t21-,23-,24-,25+,26+,27-,28-,29+,31-,32-,33+,34-,35-,36+,38-,39+,40-/m1/s1. The summed E-state index contributed by atoms with van der Waals surface area (Å²) in [5.74, 6) is 0.878. The monoisotopic (exact) mass is 748 g/mol. The van der Waals surface area contributed by atoms with Crippen LogP contribution in [0.5, 0.6) is 0 Å². The second kappa shape index (κ2) is 14.9. The Morgan fingerprint density at radius 2 is 1.70 bits per heavy atom. The highest BCUT2D eigenvalue weighted by Gasteiger charge is 2.68. The molecule has 4 saturated carbocycles. The average molecular weight is 749 g/mol. The molecule has 7 aliphatic rings. The lowest BCUT2D eigenvalue weighted by Crippen LogP contribution is -2.65. The van der Waals surface area contributed by atoms with Crippen LogP contribution >= 0.6 is 0 Å². The van der Waals surface area contributed by atoms with Crippen LogP contribution in [0.2, 0.25) is 0 Å². The molecule has 4 N–H and O–H groups in total. The fourth-order valence-electron chi connectivity index (χ4n) is 12.3. The molecule has 17 atom stereocenters. The molecule has 1 spiro atoms. The molecule has 3 aliphatic heterocycles. The first-order valence-corrected chi connectivity index (χ1v) is 19.9. The molecule has 0 aromatic carbocycles. The molecular weight excluding hydrogens is 688 g/mol. The molecule has 2 bridgehead atoms. The minimum atomic E-state index is -1.57. The first-order valence-electron chi connectivity index (χ1n) is 19.9. The van der Waals surface area contributed by atoms with Gasteiger partial charge in [0.05, 0.1) is 24.9 Å². The zero-order chi connectivity index (χ0) is 38.0. The Hall–Kier alpha value is -1.81. The highest BCUT2D eigenvalue weighted by Crippen LogP contribution is 2.71. The van der Waals surface area contributed by atoms with Crippen molar-refractivity contribution in [2.75, 3.05) is 20.3 Å². The first-order chi connectivity index (χ1) is 25.1. The number of Topliss-reactive ketones (excluding diaryl/α,β-unsaturated/α-hetero) is 2. The van der Waals surface area contributed by atoms with Crippen LogP contribution in [0, 0.1) is 39.9 Å². The molecule has 2 saturated heterocycles. The molecule has 298 valence electrons. The van der Waals surface area contributed by atoms with Crippen LogP contribution < -0.4 is 0 Å². The summed E-state index contributed by atoms with van der Waals surface area (Å²) in [4.78, 5) is 39.4. The number of ether oxygens (including phenoxy) is 6. The van der Waals surface area contributed by atoms with Crippen LogP contribution in [-0.4, -0.2) is 120 Å². The molecule has 0 amide bonds. The van der Waals surface area contributed by atoms with E-state index in [9.17, 15) is 34.8 Å². The Morgan fingerprint density at radius 1 is 0.943 bits per heavy atom. The van der Waals surface area contributed by atoms with Gasteiger partial charge >= 0.3 is 5.97 Å². The summed E-state index contributed by atoms with van der Waals surface area (Å²) in [6, 6.07) is 0. The predicted octanol–water partition coefficient (Wildman–Crippen LogP) is 2.77. The zero-order valence-electron chi connectivity index (χ0n) is 31.8. The Labute approximate surface area is 312 Å². The minimum Gasteiger partial charge on any atom is -0.458 e. The number of hydrogen-bond donors (Lipinski definition) is 4. The number of aliphatic hydroxyl groups is 4. The van der Waals surface area contributed by atoms with Gasteiger partial charge in [0, 0.05) is 36.9 Å². The van der Waals surface area contributed by atoms with Crippen molar-refractivity contribution in [2.45, 2.75) is 160 Å². The van der Waals surface area contributed by atoms with Crippen LogP contribution in [0.3, 0.4) is 0 Å². The van der Waals surface area contributed by atoms with Gasteiger partial charge in [0.25, 0.3) is 0 Å². The minimum absolute atomic E-state index is 0.0295. The van der Waals surface area contributed by atoms with Gasteiger partial charge in [-0.1, -0.05) is 13.8 Å². The maximum Gasteiger partial charge on any atom is 0.331 e. The summed E-state index contributed by atoms with van der Waals surface area (Å²) in [5, 5.41) is 40.7. The smallest absolute Gasteiger partial charge is 0.331 e. The third kappa shape index (κ3) is 6.77. The topological polar surface area (TPSA) is 188 Å². The number of aliphatic hydroxyl groups excluding tert-OH is 4. The number of fused-ring (bicyclic) bond motifs is 3. The van der Waals surface area contributed by atoms with E-state index in [4.69, 9.17) is 28.4 Å². The van der Waals surface area contributed by atoms with Gasteiger partial charge in [-0.2, -0.15) is 0 Å². The summed E-state index contributed by atoms with van der Waals surface area (Å²) in [5.41, 5.74) is 0.110. The SMILES string of the molecule is CO[C@@H]1C[C@@H](O[C@H]2CC[C@]3(C)[C@@H]4CC[C@@]5(C)C(=O)[C@]4(CC[C@@H]5CC4=CC(=O)OC4)CC[C@H]3[C@H]2CC(C)=O)O[C@H](C)[C@H]1O[C@@H]1O[C@H](CO)[C@@H](O)[C@H](O)[C@H]1O. The van der Waals surface area contributed by atoms with E-state index in [2.05, 4.69) is 13.8 Å². The molecule has 13 nitrogen and oxygen atoms in total. The van der Waals surface area contributed by atoms with Crippen molar-refractivity contribution in [3.8, 4) is 0 Å². The summed E-state index contributed by atoms with van der Waals surface area (Å²) >= 11 is 0. The van der Waals surface area contributed by atoms with Crippen molar-refractivity contribution in [1.29, 1.82) is 0 Å². The number of esters is 1. The summed E-state index contributed by atoms with van der Waals surface area (Å²) < 4.78 is 35.9. The lowest BCUT2D eigenvalue weighted by atomic mass is 9.36. The highest BCUT2D eigenvalue weighted by atomic mass is 16.7. The van der Waals surface area contributed by atoms with Crippen molar-refractivity contribution < 1.29 is 63.2 Å². The lowest BCUT2D eigenvalue weighted by molar-refractivity contribution is -0.347. The van der Waals surface area contributed by atoms with Gasteiger partial charge < -0.3 is 53.6 Å². The van der Waals surface area contributed by atoms with Crippen LogP contribution in [0.25, 0.3) is 0 Å². The van der Waals surface area contributed by atoms with E-state index in [-0.39, 0.29) is 52.4 Å². The Bertz CT molecular complexity index is 1430. The molecule has 4 aliphatic carbocycles. The number of methoxy groups -OCH3 is 1. The average Bonchev–Trinajstić information content (AvgIpc) is 3.53. The molecule has 6 fully saturated rings. The van der Waals surface area contributed by atoms with Gasteiger partial charge in [0.15, 0.2) is 12.6 Å². The summed E-state index contributed by atoms with van der Waals surface area (Å²) in [7, 11) is 1.55. The Kier molecular flexibility index (Phi) is 11.1. The molecule has 0 aromatic rings. The third-order valence-corrected chi connectivity index (χ3v) is 15.1. The van der Waals surface area contributed by atoms with Gasteiger partial charge in [-0.25, -0.2) is 4.79 Å². The molecule has 7 rings (SSSR count). The van der Waals surface area contributed by atoms with Gasteiger partial charge in [-0.05, 0) is 106 Å². The van der Waals surface area contributed by atoms with Crippen LogP contribution in [0.15, 0.2) is 11.6 Å². The first kappa shape index (κ1) is 39.4. The van der Waals surface area contributed by atoms with E-state index < -0.39 is 67.3 Å². The van der Waals surface area contributed by atoms with Crippen molar-refractivity contribution >= 4 is 17.5 Å². The number of carbonyl (C=O) groups excluding carboxylic acids is 3. The molecule has 0 aromatic heterocycles. The maximum atomic E-state index is 14.8. The second-order valence-corrected chi connectivity index (χ2v) is 17.9. The highest BCUT2D eigenvalue weighted by molar-refractivity contribution is 5.92. The van der Waals surface area contributed by atoms with Crippen molar-refractivity contribution in [1.82, 2.24) is 0 Å². The predicted molar refractivity (Wildman–Crippen MR) is 187 cm³/mol. The van der Waals surface area contributed by atoms with Crippen LogP contribution in [0.4, 0.5) is 0 Å². The lowest BCUT2D eigenvalue weighted by Gasteiger charge is -2.67. The Balaban J connectivity index is 1.04. The molecule has 0 unspecified atom stereocenters. The van der Waals surface area contributed by atoms with Crippen molar-refractivity contribution in [3.63, 3.8) is 0 Å². The van der Waals surface area contributed by atoms with Crippen molar-refractivity contribution in [2.24, 2.45) is 39.9 Å². The van der Waals surface area contributed by atoms with Crippen LogP contribution in [0.1, 0.15) is 98.3 Å². The number of hydrogen-bond acceptors (Lipinski definition) is 13. The van der Waals surface area contributed by atoms with E-state index >= 15 is 0 Å². The second-order valence-electron chi connectivity index (χ2n) is 17.9. The van der Waals surface area contributed by atoms with Gasteiger partial charge in [0.1, 0.15) is 48.7 Å². The number of rotatable bonds is 10. The van der Waals surface area contributed by atoms with Crippen molar-refractivity contribution in [3.05, 3.63) is 11.6 Å². The quantitative estimate of drug-likeness (QED) is 0.189. The van der Waals surface area contributed by atoms with E-state index in [0.717, 1.165) is 63.4 Å². The van der Waals surface area contributed by atoms with E-state index in [1.165, 1.54) is 0 Å². The normalized spacial score (nSPS) is 49.8. The number of cyclic esters (lactones) is 1. The van der Waals surface area contributed by atoms with Gasteiger partial charge in [0.2, 0.25) is 0 Å². The fourth-order valence-corrected chi connectivity index (χ4v) is 12.3. The van der Waals surface area contributed by atoms with Gasteiger partial charge in [-0.3, -0.25) is 4.79 Å². The van der Waals surface area contributed by atoms with E-state index in [1.54, 1.807) is 20.1 Å². The molecule has 13 heteroatoms. The third-order valence-electron chi connectivity index (χ3n) is 15.1. The number of carbonyl (C=O) groups is 3. The largest absolute Gasteiger partial charge is 0.458 e. The van der Waals surface area contributed by atoms with E-state index in [0.29, 0.717) is 25.2 Å². The summed E-state index contributed by atoms with van der Waals surface area (Å²) in [6.07, 6.45) is 0.290. The van der Waals surface area contributed by atoms with E-state index in [1.807, 2.05) is 6.92 Å². The Morgan fingerprint density at radius 3 is 2.38 bits per heavy atom. The fraction of sp³-hybridized carbons (Fsp3) is 0.875. The molecule has 53 heavy (non-hydrogen) atoms. The molecular formula is C40H60O13.